The predicted molar refractivity (Wildman–Crippen MR) is 90.0 cm³/mol. The molecule has 0 fully saturated rings. The molecule has 0 aliphatic heterocycles. The molecule has 0 saturated carbocycles. The maximum absolute atomic E-state index is 12.8. The van der Waals surface area contributed by atoms with E-state index >= 15 is 0 Å². The minimum Gasteiger partial charge on any atom is -0.348 e. The number of benzene rings is 2. The maximum atomic E-state index is 12.8. The van der Waals surface area contributed by atoms with Gasteiger partial charge >= 0.3 is 0 Å². The van der Waals surface area contributed by atoms with Crippen LogP contribution < -0.4 is 5.32 Å². The molecule has 0 bridgehead atoms. The van der Waals surface area contributed by atoms with Gasteiger partial charge in [0.05, 0.1) is 0 Å². The van der Waals surface area contributed by atoms with Crippen LogP contribution in [0.5, 0.6) is 0 Å². The molecule has 0 unspecified atom stereocenters. The first-order valence-corrected chi connectivity index (χ1v) is 8.29. The summed E-state index contributed by atoms with van der Waals surface area (Å²) in [6.45, 7) is 0.363. The van der Waals surface area contributed by atoms with Crippen molar-refractivity contribution in [2.24, 2.45) is 0 Å². The Bertz CT molecular complexity index is 788. The second kappa shape index (κ2) is 7.74. The monoisotopic (exact) mass is 342 g/mol. The van der Waals surface area contributed by atoms with Crippen LogP contribution in [0.2, 0.25) is 0 Å². The SMILES string of the molecule is O=C(NCc1ccc(F)cc1)c1ccc(CSc2ncn[nH]2)cc1. The molecule has 3 rings (SSSR count). The Morgan fingerprint density at radius 1 is 1.08 bits per heavy atom. The van der Waals surface area contributed by atoms with Crippen molar-refractivity contribution in [3.63, 3.8) is 0 Å². The van der Waals surface area contributed by atoms with Crippen LogP contribution in [-0.4, -0.2) is 21.1 Å². The van der Waals surface area contributed by atoms with Crippen molar-refractivity contribution < 1.29 is 9.18 Å². The number of H-pyrrole nitrogens is 1. The molecular formula is C17H15FN4OS. The van der Waals surface area contributed by atoms with Crippen LogP contribution in [0.3, 0.4) is 0 Å². The Hall–Kier alpha value is -2.67. The van der Waals surface area contributed by atoms with Gasteiger partial charge in [-0.2, -0.15) is 5.10 Å². The molecule has 0 radical (unpaired) electrons. The van der Waals surface area contributed by atoms with Crippen molar-refractivity contribution in [3.8, 4) is 0 Å². The highest BCUT2D eigenvalue weighted by Gasteiger charge is 2.06. The molecule has 1 aromatic heterocycles. The van der Waals surface area contributed by atoms with Gasteiger partial charge in [0.2, 0.25) is 0 Å². The summed E-state index contributed by atoms with van der Waals surface area (Å²) in [5.74, 6) is 0.296. The number of carbonyl (C=O) groups excluding carboxylic acids is 1. The highest BCUT2D eigenvalue weighted by molar-refractivity contribution is 7.98. The molecule has 1 amide bonds. The van der Waals surface area contributed by atoms with Crippen LogP contribution in [0.4, 0.5) is 4.39 Å². The zero-order valence-corrected chi connectivity index (χ0v) is 13.5. The van der Waals surface area contributed by atoms with E-state index < -0.39 is 0 Å². The number of aromatic nitrogens is 3. The highest BCUT2D eigenvalue weighted by atomic mass is 32.2. The van der Waals surface area contributed by atoms with Gasteiger partial charge in [-0.1, -0.05) is 36.0 Å². The van der Waals surface area contributed by atoms with Gasteiger partial charge < -0.3 is 5.32 Å². The van der Waals surface area contributed by atoms with E-state index in [1.807, 2.05) is 12.1 Å². The number of rotatable bonds is 6. The molecule has 0 saturated heterocycles. The van der Waals surface area contributed by atoms with E-state index in [-0.39, 0.29) is 11.7 Å². The second-order valence-electron chi connectivity index (χ2n) is 5.09. The zero-order chi connectivity index (χ0) is 16.8. The van der Waals surface area contributed by atoms with Gasteiger partial charge in [-0.25, -0.2) is 9.37 Å². The Labute approximate surface area is 142 Å². The van der Waals surface area contributed by atoms with Gasteiger partial charge in [-0.15, -0.1) is 0 Å². The van der Waals surface area contributed by atoms with Gasteiger partial charge in [0.25, 0.3) is 5.91 Å². The van der Waals surface area contributed by atoms with Crippen molar-refractivity contribution in [1.29, 1.82) is 0 Å². The fraction of sp³-hybridized carbons (Fsp3) is 0.118. The first-order valence-electron chi connectivity index (χ1n) is 7.30. The molecule has 0 spiro atoms. The summed E-state index contributed by atoms with van der Waals surface area (Å²) in [6.07, 6.45) is 1.47. The van der Waals surface area contributed by atoms with Crippen LogP contribution in [0, 0.1) is 5.82 Å². The van der Waals surface area contributed by atoms with Gasteiger partial charge in [0.15, 0.2) is 5.16 Å². The number of aromatic amines is 1. The van der Waals surface area contributed by atoms with E-state index in [1.54, 1.807) is 36.0 Å². The standard InChI is InChI=1S/C17H15FN4OS/c18-15-7-3-12(4-8-15)9-19-16(23)14-5-1-13(2-6-14)10-24-17-20-11-21-22-17/h1-8,11H,9-10H2,(H,19,23)(H,20,21,22). The van der Waals surface area contributed by atoms with E-state index in [0.29, 0.717) is 12.1 Å². The lowest BCUT2D eigenvalue weighted by atomic mass is 10.1. The van der Waals surface area contributed by atoms with Gasteiger partial charge in [0.1, 0.15) is 12.1 Å². The van der Waals surface area contributed by atoms with Crippen molar-refractivity contribution in [3.05, 3.63) is 77.4 Å². The van der Waals surface area contributed by atoms with E-state index in [9.17, 15) is 9.18 Å². The molecule has 122 valence electrons. The number of nitrogens with zero attached hydrogens (tertiary/aromatic N) is 2. The van der Waals surface area contributed by atoms with Crippen LogP contribution in [0.1, 0.15) is 21.5 Å². The Balaban J connectivity index is 1.52. The van der Waals surface area contributed by atoms with Gasteiger partial charge in [0, 0.05) is 17.9 Å². The van der Waals surface area contributed by atoms with Crippen molar-refractivity contribution in [1.82, 2.24) is 20.5 Å². The molecule has 0 aliphatic rings. The Morgan fingerprint density at radius 2 is 1.79 bits per heavy atom. The molecule has 0 atom stereocenters. The Kier molecular flexibility index (Phi) is 5.22. The van der Waals surface area contributed by atoms with Crippen molar-refractivity contribution in [2.45, 2.75) is 17.5 Å². The number of hydrogen-bond acceptors (Lipinski definition) is 4. The molecule has 2 aromatic carbocycles. The quantitative estimate of drug-likeness (QED) is 0.675. The summed E-state index contributed by atoms with van der Waals surface area (Å²) >= 11 is 1.54. The summed E-state index contributed by atoms with van der Waals surface area (Å²) in [4.78, 5) is 16.2. The number of hydrogen-bond donors (Lipinski definition) is 2. The molecule has 5 nitrogen and oxygen atoms in total. The fourth-order valence-electron chi connectivity index (χ4n) is 2.05. The molecule has 3 aromatic rings. The summed E-state index contributed by atoms with van der Waals surface area (Å²) in [5.41, 5.74) is 2.53. The van der Waals surface area contributed by atoms with Gasteiger partial charge in [-0.05, 0) is 35.4 Å². The third kappa shape index (κ3) is 4.42. The zero-order valence-electron chi connectivity index (χ0n) is 12.7. The summed E-state index contributed by atoms with van der Waals surface area (Å²) in [5, 5.41) is 10.2. The number of thioether (sulfide) groups is 1. The molecular weight excluding hydrogens is 327 g/mol. The molecule has 0 aliphatic carbocycles. The maximum Gasteiger partial charge on any atom is 0.251 e. The lowest BCUT2D eigenvalue weighted by Gasteiger charge is -2.06. The number of amides is 1. The molecule has 7 heteroatoms. The van der Waals surface area contributed by atoms with Gasteiger partial charge in [-0.3, -0.25) is 9.89 Å². The van der Waals surface area contributed by atoms with Crippen molar-refractivity contribution >= 4 is 17.7 Å². The number of carbonyl (C=O) groups is 1. The van der Waals surface area contributed by atoms with E-state index in [4.69, 9.17) is 0 Å². The first kappa shape index (κ1) is 16.2. The normalized spacial score (nSPS) is 10.5. The van der Waals surface area contributed by atoms with E-state index in [1.165, 1.54) is 18.5 Å². The summed E-state index contributed by atoms with van der Waals surface area (Å²) in [7, 11) is 0. The van der Waals surface area contributed by atoms with Crippen LogP contribution in [0.25, 0.3) is 0 Å². The third-order valence-corrected chi connectivity index (χ3v) is 4.30. The average molecular weight is 342 g/mol. The third-order valence-electron chi connectivity index (χ3n) is 3.35. The fourth-order valence-corrected chi connectivity index (χ4v) is 2.79. The predicted octanol–water partition coefficient (Wildman–Crippen LogP) is 3.17. The second-order valence-corrected chi connectivity index (χ2v) is 6.05. The minimum atomic E-state index is -0.288. The Morgan fingerprint density at radius 3 is 2.46 bits per heavy atom. The van der Waals surface area contributed by atoms with Crippen molar-refractivity contribution in [2.75, 3.05) is 0 Å². The first-order chi connectivity index (χ1) is 11.7. The van der Waals surface area contributed by atoms with Crippen LogP contribution >= 0.6 is 11.8 Å². The van der Waals surface area contributed by atoms with E-state index in [0.717, 1.165) is 22.0 Å². The average Bonchev–Trinajstić information content (AvgIpc) is 3.13. The number of nitrogens with one attached hydrogen (secondary N) is 2. The van der Waals surface area contributed by atoms with Crippen LogP contribution in [0.15, 0.2) is 60.0 Å². The highest BCUT2D eigenvalue weighted by Crippen LogP contribution is 2.18. The molecule has 2 N–H and O–H groups in total. The molecule has 24 heavy (non-hydrogen) atoms. The summed E-state index contributed by atoms with van der Waals surface area (Å²) < 4.78 is 12.8. The van der Waals surface area contributed by atoms with Crippen LogP contribution in [-0.2, 0) is 12.3 Å². The lowest BCUT2D eigenvalue weighted by Crippen LogP contribution is -2.22. The molecule has 1 heterocycles. The van der Waals surface area contributed by atoms with E-state index in [2.05, 4.69) is 20.5 Å². The largest absolute Gasteiger partial charge is 0.348 e. The minimum absolute atomic E-state index is 0.159. The number of halogens is 1. The topological polar surface area (TPSA) is 70.7 Å². The lowest BCUT2D eigenvalue weighted by molar-refractivity contribution is 0.0951. The summed E-state index contributed by atoms with van der Waals surface area (Å²) in [6, 6.07) is 13.5. The smallest absolute Gasteiger partial charge is 0.251 e.